The highest BCUT2D eigenvalue weighted by atomic mass is 35.5. The fourth-order valence-corrected chi connectivity index (χ4v) is 6.67. The van der Waals surface area contributed by atoms with E-state index in [0.717, 1.165) is 20.6 Å². The van der Waals surface area contributed by atoms with Crippen molar-refractivity contribution in [1.29, 1.82) is 0 Å². The van der Waals surface area contributed by atoms with Crippen LogP contribution in [0.15, 0.2) is 46.3 Å². The van der Waals surface area contributed by atoms with Gasteiger partial charge in [-0.15, -0.1) is 11.3 Å². The van der Waals surface area contributed by atoms with Gasteiger partial charge in [-0.1, -0.05) is 11.6 Å². The van der Waals surface area contributed by atoms with Gasteiger partial charge in [0.15, 0.2) is 15.9 Å². The molecule has 2 atom stereocenters. The first-order valence-electron chi connectivity index (χ1n) is 9.74. The number of ether oxygens (including phenoxy) is 2. The third kappa shape index (κ3) is 4.56. The van der Waals surface area contributed by atoms with Crippen LogP contribution in [0.4, 0.5) is 10.7 Å². The zero-order valence-corrected chi connectivity index (χ0v) is 21.3. The van der Waals surface area contributed by atoms with Crippen molar-refractivity contribution in [3.05, 3.63) is 52.5 Å². The molecule has 1 N–H and O–H groups in total. The predicted octanol–water partition coefficient (Wildman–Crippen LogP) is 3.86. The number of aliphatic imine (C=N–C) groups is 1. The fraction of sp³-hybridized carbons (Fsp3) is 0.238. The fourth-order valence-electron chi connectivity index (χ4n) is 3.54. The zero-order valence-electron chi connectivity index (χ0n) is 18.1. The maximum Gasteiger partial charge on any atom is 0.334 e. The third-order valence-corrected chi connectivity index (χ3v) is 8.59. The number of hydrogen-bond acceptors (Lipinski definition) is 8. The van der Waals surface area contributed by atoms with Crippen LogP contribution in [0, 0.1) is 6.92 Å². The third-order valence-electron chi connectivity index (χ3n) is 5.16. The second-order valence-electron chi connectivity index (χ2n) is 7.44. The lowest BCUT2D eigenvalue weighted by atomic mass is 10.1. The van der Waals surface area contributed by atoms with Crippen LogP contribution in [0.2, 0.25) is 5.02 Å². The molecule has 0 radical (unpaired) electrons. The summed E-state index contributed by atoms with van der Waals surface area (Å²) in [6.45, 7) is 1.74. The summed E-state index contributed by atoms with van der Waals surface area (Å²) in [6.07, 6.45) is 1.00. The molecule has 34 heavy (non-hydrogen) atoms. The Morgan fingerprint density at radius 2 is 2.06 bits per heavy atom. The Bertz CT molecular complexity index is 1470. The van der Waals surface area contributed by atoms with Gasteiger partial charge in [-0.3, -0.25) is 4.55 Å². The highest BCUT2D eigenvalue weighted by molar-refractivity contribution is 7.91. The molecule has 0 saturated heterocycles. The van der Waals surface area contributed by atoms with Crippen molar-refractivity contribution in [3.8, 4) is 0 Å². The number of methoxy groups -OCH3 is 1. The first kappa shape index (κ1) is 24.6. The summed E-state index contributed by atoms with van der Waals surface area (Å²) in [5, 5.41) is 1.71. The van der Waals surface area contributed by atoms with Gasteiger partial charge in [-0.25, -0.2) is 26.7 Å². The molecule has 2 aromatic carbocycles. The number of esters is 1. The summed E-state index contributed by atoms with van der Waals surface area (Å²) in [7, 11) is -2.63. The van der Waals surface area contributed by atoms with E-state index in [1.54, 1.807) is 25.1 Å². The predicted molar refractivity (Wildman–Crippen MR) is 132 cm³/mol. The normalized spacial score (nSPS) is 16.7. The van der Waals surface area contributed by atoms with Gasteiger partial charge >= 0.3 is 5.97 Å². The second-order valence-corrected chi connectivity index (χ2v) is 11.7. The van der Waals surface area contributed by atoms with Crippen molar-refractivity contribution in [2.45, 2.75) is 17.9 Å². The monoisotopic (exact) mass is 542 g/mol. The highest BCUT2D eigenvalue weighted by Gasteiger charge is 2.31. The van der Waals surface area contributed by atoms with Crippen molar-refractivity contribution in [2.24, 2.45) is 4.99 Å². The van der Waals surface area contributed by atoms with Crippen molar-refractivity contribution in [1.82, 2.24) is 0 Å². The molecule has 0 fully saturated rings. The van der Waals surface area contributed by atoms with Crippen LogP contribution >= 0.6 is 22.9 Å². The number of aryl methyl sites for hydroxylation is 1. The van der Waals surface area contributed by atoms with Crippen molar-refractivity contribution in [3.63, 3.8) is 0 Å². The van der Waals surface area contributed by atoms with E-state index < -0.39 is 33.1 Å². The van der Waals surface area contributed by atoms with E-state index in [-0.39, 0.29) is 23.1 Å². The minimum absolute atomic E-state index is 0.0101. The Morgan fingerprint density at radius 3 is 2.71 bits per heavy atom. The highest BCUT2D eigenvalue weighted by Crippen LogP contribution is 2.44. The summed E-state index contributed by atoms with van der Waals surface area (Å²) in [6, 6.07) is 8.64. The van der Waals surface area contributed by atoms with Crippen LogP contribution < -0.4 is 4.31 Å². The van der Waals surface area contributed by atoms with Crippen LogP contribution in [-0.4, -0.2) is 55.1 Å². The quantitative estimate of drug-likeness (QED) is 0.370. The number of hydrogen-bond donors (Lipinski definition) is 1. The Kier molecular flexibility index (Phi) is 6.71. The van der Waals surface area contributed by atoms with E-state index in [9.17, 15) is 22.0 Å². The number of sulfone groups is 1. The number of carbonyl (C=O) groups is 1. The molecule has 2 heterocycles. The maximum absolute atomic E-state index is 12.7. The Hall–Kier alpha value is -2.51. The number of fused-ring (bicyclic) bond motifs is 1. The van der Waals surface area contributed by atoms with Crippen LogP contribution in [-0.2, 0) is 35.4 Å². The molecule has 0 spiro atoms. The molecule has 4 rings (SSSR count). The van der Waals surface area contributed by atoms with Gasteiger partial charge in [0.25, 0.3) is 11.3 Å². The smallest absolute Gasteiger partial charge is 0.334 e. The van der Waals surface area contributed by atoms with Crippen LogP contribution in [0.3, 0.4) is 0 Å². The molecule has 0 aliphatic carbocycles. The lowest BCUT2D eigenvalue weighted by Crippen LogP contribution is -2.21. The first-order chi connectivity index (χ1) is 16.0. The zero-order chi connectivity index (χ0) is 24.8. The van der Waals surface area contributed by atoms with Gasteiger partial charge in [-0.05, 0) is 54.3 Å². The lowest BCUT2D eigenvalue weighted by molar-refractivity contribution is -0.142. The molecule has 180 valence electrons. The minimum Gasteiger partial charge on any atom is -0.475 e. The number of benzene rings is 2. The van der Waals surface area contributed by atoms with Crippen molar-refractivity contribution < 1.29 is 31.4 Å². The molecule has 1 aliphatic rings. The molecule has 0 saturated carbocycles. The average molecular weight is 543 g/mol. The molecule has 13 heteroatoms. The molecule has 9 nitrogen and oxygen atoms in total. The number of nitrogens with zero attached hydrogens (tertiary/aromatic N) is 2. The summed E-state index contributed by atoms with van der Waals surface area (Å²) in [5.74, 6) is -0.492. The number of carbonyl (C=O) groups excluding carboxylic acids is 1. The topological polar surface area (TPSA) is 123 Å². The van der Waals surface area contributed by atoms with Crippen molar-refractivity contribution in [2.75, 3.05) is 24.3 Å². The molecule has 1 aromatic heterocycles. The minimum atomic E-state index is -3.86. The van der Waals surface area contributed by atoms with E-state index in [2.05, 4.69) is 9.73 Å². The maximum atomic E-state index is 12.7. The van der Waals surface area contributed by atoms with Crippen LogP contribution in [0.1, 0.15) is 11.1 Å². The Morgan fingerprint density at radius 1 is 1.32 bits per heavy atom. The number of halogens is 1. The van der Waals surface area contributed by atoms with E-state index in [4.69, 9.17) is 16.3 Å². The van der Waals surface area contributed by atoms with Crippen LogP contribution in [0.25, 0.3) is 10.1 Å². The molecule has 0 bridgehead atoms. The van der Waals surface area contributed by atoms with Crippen molar-refractivity contribution >= 4 is 76.7 Å². The van der Waals surface area contributed by atoms with E-state index in [1.165, 1.54) is 36.6 Å². The number of thiophene rings is 1. The largest absolute Gasteiger partial charge is 0.475 e. The van der Waals surface area contributed by atoms with Gasteiger partial charge in [0.1, 0.15) is 11.6 Å². The Balaban J connectivity index is 1.87. The summed E-state index contributed by atoms with van der Waals surface area (Å²) in [4.78, 5) is 15.7. The van der Waals surface area contributed by atoms with Gasteiger partial charge < -0.3 is 9.47 Å². The lowest BCUT2D eigenvalue weighted by Gasteiger charge is -2.22. The molecule has 1 aliphatic heterocycles. The summed E-state index contributed by atoms with van der Waals surface area (Å²) >= 11 is 4.76. The standard InChI is InChI=1S/C21H19ClN2O7S3/c1-11-14-9-13(22)5-7-17(14)32-20(11)24(33(26)27)16-6-4-12(8-18(16)34(3,28)29)19-23-15(10-31-19)21(25)30-2/h4-9,15H,10H2,1-3H3,(H,26,27). The van der Waals surface area contributed by atoms with Gasteiger partial charge in [-0.2, -0.15) is 0 Å². The van der Waals surface area contributed by atoms with E-state index >= 15 is 0 Å². The SMILES string of the molecule is COC(=O)C1COC(c2ccc(N(c3sc4ccc(Cl)cc4c3C)S(=O)O)c(S(C)(=O)=O)c2)=N1. The molecular weight excluding hydrogens is 524 g/mol. The van der Waals surface area contributed by atoms with Gasteiger partial charge in [0.05, 0.1) is 17.7 Å². The number of rotatable bonds is 6. The molecule has 0 amide bonds. The second kappa shape index (κ2) is 9.27. The summed E-state index contributed by atoms with van der Waals surface area (Å²) in [5.41, 5.74) is 0.993. The molecule has 2 unspecified atom stereocenters. The molecule has 3 aromatic rings. The first-order valence-corrected chi connectivity index (χ1v) is 13.9. The molecular formula is C21H19ClN2O7S3. The Labute approximate surface area is 207 Å². The van der Waals surface area contributed by atoms with Gasteiger partial charge in [0, 0.05) is 21.5 Å². The van der Waals surface area contributed by atoms with Crippen LogP contribution in [0.5, 0.6) is 0 Å². The average Bonchev–Trinajstić information content (AvgIpc) is 3.39. The van der Waals surface area contributed by atoms with E-state index in [1.807, 2.05) is 0 Å². The summed E-state index contributed by atoms with van der Waals surface area (Å²) < 4.78 is 60.2. The van der Waals surface area contributed by atoms with Gasteiger partial charge in [0.2, 0.25) is 5.90 Å². The van der Waals surface area contributed by atoms with E-state index in [0.29, 0.717) is 21.2 Å². The number of anilines is 2.